The number of ether oxygens (including phenoxy) is 2. The molecule has 0 spiro atoms. The number of fused-ring (bicyclic) bond motifs is 5. The van der Waals surface area contributed by atoms with Crippen LogP contribution in [0.25, 0.3) is 0 Å². The molecule has 30 heavy (non-hydrogen) atoms. The topological polar surface area (TPSA) is 72.8 Å². The molecule has 0 unspecified atom stereocenters. The SMILES string of the molecule is CC(=O)O[C@H]1CC[C@@]2(C)C(=CC[C@H]3[C@H]2CC[C@@]2(C)[C@@H]3CC[C@@]2(O)[C@@H](C)OC(C)=O)C1. The number of hydrogen-bond donors (Lipinski definition) is 1. The van der Waals surface area contributed by atoms with Crippen molar-refractivity contribution < 1.29 is 24.2 Å². The number of rotatable bonds is 3. The summed E-state index contributed by atoms with van der Waals surface area (Å²) in [6, 6.07) is 0. The van der Waals surface area contributed by atoms with Crippen LogP contribution in [-0.4, -0.2) is 34.9 Å². The molecule has 0 heterocycles. The summed E-state index contributed by atoms with van der Waals surface area (Å²) in [5.74, 6) is 1.11. The zero-order valence-corrected chi connectivity index (χ0v) is 19.2. The lowest BCUT2D eigenvalue weighted by molar-refractivity contribution is -0.192. The molecule has 5 nitrogen and oxygen atoms in total. The summed E-state index contributed by atoms with van der Waals surface area (Å²) >= 11 is 0. The number of hydrogen-bond acceptors (Lipinski definition) is 5. The Morgan fingerprint density at radius 3 is 2.43 bits per heavy atom. The third kappa shape index (κ3) is 3.14. The molecule has 0 amide bonds. The third-order valence-electron chi connectivity index (χ3n) is 9.62. The molecular weight excluding hydrogens is 380 g/mol. The largest absolute Gasteiger partial charge is 0.462 e. The molecule has 1 N–H and O–H groups in total. The highest BCUT2D eigenvalue weighted by atomic mass is 16.6. The second kappa shape index (κ2) is 7.36. The van der Waals surface area contributed by atoms with E-state index in [1.54, 1.807) is 0 Å². The van der Waals surface area contributed by atoms with Crippen LogP contribution in [0.3, 0.4) is 0 Å². The standard InChI is InChI=1S/C25H38O5/c1-15(29-16(2)26)25(28)13-10-22-20-7-6-18-14-19(30-17(3)27)8-11-23(18,4)21(20)9-12-24(22,25)5/h6,15,19-22,28H,7-14H2,1-5H3/t15-,19+,20+,21-,22-,23+,24+,25-/m1/s1. The van der Waals surface area contributed by atoms with Crippen LogP contribution in [0.4, 0.5) is 0 Å². The van der Waals surface area contributed by atoms with Crippen LogP contribution in [0.1, 0.15) is 86.0 Å². The lowest BCUT2D eigenvalue weighted by atomic mass is 9.46. The average molecular weight is 419 g/mol. The molecule has 0 bridgehead atoms. The van der Waals surface area contributed by atoms with Gasteiger partial charge in [0.2, 0.25) is 0 Å². The van der Waals surface area contributed by atoms with Gasteiger partial charge in [-0.15, -0.1) is 0 Å². The van der Waals surface area contributed by atoms with E-state index in [4.69, 9.17) is 9.47 Å². The highest BCUT2D eigenvalue weighted by Crippen LogP contribution is 2.67. The van der Waals surface area contributed by atoms with Crippen molar-refractivity contribution in [1.82, 2.24) is 0 Å². The summed E-state index contributed by atoms with van der Waals surface area (Å²) in [5.41, 5.74) is 0.473. The molecule has 3 saturated carbocycles. The first-order valence-electron chi connectivity index (χ1n) is 11.8. The predicted molar refractivity (Wildman–Crippen MR) is 113 cm³/mol. The number of aliphatic hydroxyl groups is 1. The maximum Gasteiger partial charge on any atom is 0.302 e. The van der Waals surface area contributed by atoms with Crippen LogP contribution < -0.4 is 0 Å². The fourth-order valence-corrected chi connectivity index (χ4v) is 8.03. The molecule has 8 atom stereocenters. The van der Waals surface area contributed by atoms with Crippen LogP contribution >= 0.6 is 0 Å². The van der Waals surface area contributed by atoms with Crippen LogP contribution in [-0.2, 0) is 19.1 Å². The van der Waals surface area contributed by atoms with E-state index >= 15 is 0 Å². The van der Waals surface area contributed by atoms with Crippen molar-refractivity contribution >= 4 is 11.9 Å². The molecule has 5 heteroatoms. The van der Waals surface area contributed by atoms with Crippen molar-refractivity contribution in [3.8, 4) is 0 Å². The van der Waals surface area contributed by atoms with Crippen molar-refractivity contribution in [2.45, 2.75) is 104 Å². The van der Waals surface area contributed by atoms with Gasteiger partial charge in [-0.05, 0) is 75.0 Å². The van der Waals surface area contributed by atoms with Gasteiger partial charge < -0.3 is 14.6 Å². The molecular formula is C25H38O5. The second-order valence-corrected chi connectivity index (χ2v) is 10.9. The molecule has 0 radical (unpaired) electrons. The van der Waals surface area contributed by atoms with E-state index in [1.165, 1.54) is 19.4 Å². The summed E-state index contributed by atoms with van der Waals surface area (Å²) in [6.07, 6.45) is 9.64. The molecule has 4 aliphatic carbocycles. The molecule has 4 rings (SSSR count). The van der Waals surface area contributed by atoms with Gasteiger partial charge in [0, 0.05) is 25.7 Å². The monoisotopic (exact) mass is 418 g/mol. The van der Waals surface area contributed by atoms with Gasteiger partial charge in [0.25, 0.3) is 0 Å². The summed E-state index contributed by atoms with van der Waals surface area (Å²) in [6.45, 7) is 9.44. The minimum Gasteiger partial charge on any atom is -0.462 e. The first-order valence-corrected chi connectivity index (χ1v) is 11.8. The Balaban J connectivity index is 1.58. The quantitative estimate of drug-likeness (QED) is 0.537. The van der Waals surface area contributed by atoms with E-state index in [0.29, 0.717) is 24.2 Å². The predicted octanol–water partition coefficient (Wildman–Crippen LogP) is 4.56. The Labute approximate surface area is 180 Å². The molecule has 0 saturated heterocycles. The average Bonchev–Trinajstić information content (AvgIpc) is 2.93. The van der Waals surface area contributed by atoms with Crippen molar-refractivity contribution in [2.24, 2.45) is 28.6 Å². The highest BCUT2D eigenvalue weighted by molar-refractivity contribution is 5.66. The Morgan fingerprint density at radius 2 is 1.77 bits per heavy atom. The van der Waals surface area contributed by atoms with Gasteiger partial charge in [0.05, 0.1) is 0 Å². The van der Waals surface area contributed by atoms with E-state index in [2.05, 4.69) is 19.9 Å². The van der Waals surface area contributed by atoms with Gasteiger partial charge in [-0.3, -0.25) is 9.59 Å². The lowest BCUT2D eigenvalue weighted by Gasteiger charge is -2.59. The van der Waals surface area contributed by atoms with Crippen molar-refractivity contribution in [3.05, 3.63) is 11.6 Å². The van der Waals surface area contributed by atoms with E-state index in [0.717, 1.165) is 44.9 Å². The summed E-state index contributed by atoms with van der Waals surface area (Å²) < 4.78 is 11.0. The highest BCUT2D eigenvalue weighted by Gasteiger charge is 2.65. The Bertz CT molecular complexity index is 759. The van der Waals surface area contributed by atoms with Crippen molar-refractivity contribution in [1.29, 1.82) is 0 Å². The van der Waals surface area contributed by atoms with Crippen LogP contribution in [0.5, 0.6) is 0 Å². The van der Waals surface area contributed by atoms with Gasteiger partial charge in [0.15, 0.2) is 0 Å². The maximum absolute atomic E-state index is 11.7. The van der Waals surface area contributed by atoms with E-state index in [1.807, 2.05) is 6.92 Å². The first-order chi connectivity index (χ1) is 14.0. The molecule has 168 valence electrons. The van der Waals surface area contributed by atoms with E-state index in [-0.39, 0.29) is 28.9 Å². The lowest BCUT2D eigenvalue weighted by Crippen LogP contribution is -2.58. The first kappa shape index (κ1) is 21.9. The Hall–Kier alpha value is -1.36. The molecule has 0 aromatic rings. The smallest absolute Gasteiger partial charge is 0.302 e. The number of allylic oxidation sites excluding steroid dienone is 1. The van der Waals surface area contributed by atoms with E-state index in [9.17, 15) is 14.7 Å². The minimum atomic E-state index is -0.952. The van der Waals surface area contributed by atoms with Crippen LogP contribution in [0.15, 0.2) is 11.6 Å². The van der Waals surface area contributed by atoms with Gasteiger partial charge in [-0.25, -0.2) is 0 Å². The number of carbonyl (C=O) groups is 2. The van der Waals surface area contributed by atoms with Gasteiger partial charge in [-0.2, -0.15) is 0 Å². The zero-order chi connectivity index (χ0) is 21.9. The Kier molecular flexibility index (Phi) is 5.36. The van der Waals surface area contributed by atoms with Gasteiger partial charge in [-0.1, -0.05) is 25.5 Å². The number of carbonyl (C=O) groups excluding carboxylic acids is 2. The summed E-state index contributed by atoms with van der Waals surface area (Å²) in [5, 5.41) is 11.7. The number of esters is 2. The van der Waals surface area contributed by atoms with Gasteiger partial charge >= 0.3 is 11.9 Å². The molecule has 0 aromatic carbocycles. The zero-order valence-electron chi connectivity index (χ0n) is 19.2. The minimum absolute atomic E-state index is 0.0217. The van der Waals surface area contributed by atoms with Crippen molar-refractivity contribution in [2.75, 3.05) is 0 Å². The van der Waals surface area contributed by atoms with Crippen LogP contribution in [0, 0.1) is 28.6 Å². The Morgan fingerprint density at radius 1 is 1.07 bits per heavy atom. The van der Waals surface area contributed by atoms with Crippen molar-refractivity contribution in [3.63, 3.8) is 0 Å². The molecule has 3 fully saturated rings. The van der Waals surface area contributed by atoms with E-state index < -0.39 is 11.7 Å². The maximum atomic E-state index is 11.7. The summed E-state index contributed by atoms with van der Waals surface area (Å²) in [7, 11) is 0. The molecule has 0 aromatic heterocycles. The molecule has 0 aliphatic heterocycles. The summed E-state index contributed by atoms with van der Waals surface area (Å²) in [4.78, 5) is 23.0. The van der Waals surface area contributed by atoms with Crippen LogP contribution in [0.2, 0.25) is 0 Å². The normalized spacial score (nSPS) is 46.0. The van der Waals surface area contributed by atoms with Gasteiger partial charge in [0.1, 0.15) is 17.8 Å². The fourth-order valence-electron chi connectivity index (χ4n) is 8.03. The third-order valence-corrected chi connectivity index (χ3v) is 9.62. The second-order valence-electron chi connectivity index (χ2n) is 10.9. The molecule has 4 aliphatic rings. The fraction of sp³-hybridized carbons (Fsp3) is 0.840.